The van der Waals surface area contributed by atoms with Crippen LogP contribution in [0.25, 0.3) is 0 Å². The van der Waals surface area contributed by atoms with Gasteiger partial charge in [0.05, 0.1) is 17.9 Å². The Kier molecular flexibility index (Phi) is 5.23. The van der Waals surface area contributed by atoms with Crippen molar-refractivity contribution in [1.82, 2.24) is 5.32 Å². The molecule has 1 N–H and O–H groups in total. The largest absolute Gasteiger partial charge is 0.501 e. The monoisotopic (exact) mass is 283 g/mol. The summed E-state index contributed by atoms with van der Waals surface area (Å²) in [6.45, 7) is 3.66. The molecule has 0 radical (unpaired) electrons. The number of halogens is 2. The number of likely N-dealkylation sites (N-methyl/N-ethyl adjacent to an activating group) is 1. The van der Waals surface area contributed by atoms with E-state index in [0.717, 1.165) is 26.0 Å². The Balaban J connectivity index is 2.16. The zero-order valence-electron chi connectivity index (χ0n) is 11.1. The predicted octanol–water partition coefficient (Wildman–Crippen LogP) is 3.69. The molecule has 2 rings (SSSR count). The third kappa shape index (κ3) is 3.71. The summed E-state index contributed by atoms with van der Waals surface area (Å²) in [6, 6.07) is 5.26. The van der Waals surface area contributed by atoms with Gasteiger partial charge in [-0.2, -0.15) is 0 Å². The Bertz CT molecular complexity index is 461. The van der Waals surface area contributed by atoms with Gasteiger partial charge in [-0.3, -0.25) is 0 Å². The molecule has 0 spiro atoms. The number of ether oxygens (including phenoxy) is 1. The lowest BCUT2D eigenvalue weighted by Gasteiger charge is -2.24. The molecule has 0 aromatic heterocycles. The van der Waals surface area contributed by atoms with Gasteiger partial charge in [-0.1, -0.05) is 30.7 Å². The molecule has 1 aromatic carbocycles. The molecule has 0 amide bonds. The molecule has 0 saturated carbocycles. The topological polar surface area (TPSA) is 21.3 Å². The molecular formula is C15H19ClFNO. The third-order valence-corrected chi connectivity index (χ3v) is 3.61. The Hall–Kier alpha value is -1.06. The molecule has 19 heavy (non-hydrogen) atoms. The van der Waals surface area contributed by atoms with Gasteiger partial charge in [0.15, 0.2) is 0 Å². The molecule has 4 heteroatoms. The summed E-state index contributed by atoms with van der Waals surface area (Å²) in [5, 5.41) is 3.57. The average Bonchev–Trinajstić information content (AvgIpc) is 2.44. The zero-order valence-corrected chi connectivity index (χ0v) is 11.8. The molecule has 1 aliphatic rings. The standard InChI is InChI=1S/C15H19ClFNO/c1-2-18-14(12-6-4-8-19-10-12)9-11-5-3-7-13(16)15(11)17/h3,5,7,10,14,18H,2,4,6,8-9H2,1H3. The van der Waals surface area contributed by atoms with E-state index in [4.69, 9.17) is 16.3 Å². The molecule has 0 aliphatic carbocycles. The minimum Gasteiger partial charge on any atom is -0.501 e. The lowest BCUT2D eigenvalue weighted by molar-refractivity contribution is 0.219. The van der Waals surface area contributed by atoms with Gasteiger partial charge >= 0.3 is 0 Å². The van der Waals surface area contributed by atoms with Crippen molar-refractivity contribution in [2.24, 2.45) is 0 Å². The maximum atomic E-state index is 14.0. The molecule has 1 atom stereocenters. The summed E-state index contributed by atoms with van der Waals surface area (Å²) >= 11 is 5.83. The fourth-order valence-corrected chi connectivity index (χ4v) is 2.54. The predicted molar refractivity (Wildman–Crippen MR) is 75.8 cm³/mol. The second-order valence-corrected chi connectivity index (χ2v) is 5.10. The van der Waals surface area contributed by atoms with E-state index in [-0.39, 0.29) is 16.9 Å². The maximum absolute atomic E-state index is 14.0. The number of rotatable bonds is 5. The van der Waals surface area contributed by atoms with Gasteiger partial charge in [0.2, 0.25) is 0 Å². The van der Waals surface area contributed by atoms with E-state index in [2.05, 4.69) is 5.32 Å². The van der Waals surface area contributed by atoms with Crippen molar-refractivity contribution in [2.45, 2.75) is 32.2 Å². The van der Waals surface area contributed by atoms with E-state index < -0.39 is 0 Å². The van der Waals surface area contributed by atoms with Crippen LogP contribution in [0.4, 0.5) is 4.39 Å². The van der Waals surface area contributed by atoms with E-state index >= 15 is 0 Å². The SMILES string of the molecule is CCNC(Cc1cccc(Cl)c1F)C1=COCCC1. The van der Waals surface area contributed by atoms with Gasteiger partial charge in [-0.25, -0.2) is 4.39 Å². The van der Waals surface area contributed by atoms with Crippen LogP contribution in [-0.2, 0) is 11.2 Å². The third-order valence-electron chi connectivity index (χ3n) is 3.32. The first-order valence-electron chi connectivity index (χ1n) is 6.69. The van der Waals surface area contributed by atoms with Crippen molar-refractivity contribution in [3.63, 3.8) is 0 Å². The highest BCUT2D eigenvalue weighted by Gasteiger charge is 2.19. The highest BCUT2D eigenvalue weighted by atomic mass is 35.5. The van der Waals surface area contributed by atoms with Crippen LogP contribution in [0.2, 0.25) is 5.02 Å². The van der Waals surface area contributed by atoms with Crippen LogP contribution in [0.5, 0.6) is 0 Å². The summed E-state index contributed by atoms with van der Waals surface area (Å²) in [6.07, 6.45) is 4.43. The van der Waals surface area contributed by atoms with Crippen LogP contribution in [0, 0.1) is 5.82 Å². The second kappa shape index (κ2) is 6.92. The highest BCUT2D eigenvalue weighted by Crippen LogP contribution is 2.23. The zero-order chi connectivity index (χ0) is 13.7. The quantitative estimate of drug-likeness (QED) is 0.890. The van der Waals surface area contributed by atoms with Crippen molar-refractivity contribution in [2.75, 3.05) is 13.2 Å². The van der Waals surface area contributed by atoms with E-state index in [1.165, 1.54) is 5.57 Å². The van der Waals surface area contributed by atoms with E-state index in [9.17, 15) is 4.39 Å². The van der Waals surface area contributed by atoms with Crippen LogP contribution >= 0.6 is 11.6 Å². The van der Waals surface area contributed by atoms with Crippen LogP contribution in [0.3, 0.4) is 0 Å². The molecule has 1 aliphatic heterocycles. The molecular weight excluding hydrogens is 265 g/mol. The van der Waals surface area contributed by atoms with Crippen LogP contribution < -0.4 is 5.32 Å². The minimum atomic E-state index is -0.315. The normalized spacial score (nSPS) is 16.7. The molecule has 1 unspecified atom stereocenters. The number of hydrogen-bond donors (Lipinski definition) is 1. The molecule has 1 heterocycles. The van der Waals surface area contributed by atoms with E-state index in [1.807, 2.05) is 13.2 Å². The Morgan fingerprint density at radius 3 is 3.00 bits per heavy atom. The molecule has 0 saturated heterocycles. The number of hydrogen-bond acceptors (Lipinski definition) is 2. The van der Waals surface area contributed by atoms with Crippen LogP contribution in [0.15, 0.2) is 30.0 Å². The second-order valence-electron chi connectivity index (χ2n) is 4.69. The minimum absolute atomic E-state index is 0.110. The lowest BCUT2D eigenvalue weighted by Crippen LogP contribution is -2.34. The molecule has 2 nitrogen and oxygen atoms in total. The summed E-state index contributed by atoms with van der Waals surface area (Å²) in [5.41, 5.74) is 1.84. The maximum Gasteiger partial charge on any atom is 0.145 e. The molecule has 0 fully saturated rings. The van der Waals surface area contributed by atoms with Gasteiger partial charge in [-0.05, 0) is 43.0 Å². The molecule has 0 bridgehead atoms. The lowest BCUT2D eigenvalue weighted by atomic mass is 9.95. The van der Waals surface area contributed by atoms with Gasteiger partial charge in [-0.15, -0.1) is 0 Å². The van der Waals surface area contributed by atoms with Gasteiger partial charge in [0, 0.05) is 6.04 Å². The van der Waals surface area contributed by atoms with Crippen molar-refractivity contribution in [3.8, 4) is 0 Å². The molecule has 104 valence electrons. The summed E-state index contributed by atoms with van der Waals surface area (Å²) in [7, 11) is 0. The molecule has 1 aromatic rings. The first kappa shape index (κ1) is 14.4. The van der Waals surface area contributed by atoms with Gasteiger partial charge < -0.3 is 10.1 Å². The smallest absolute Gasteiger partial charge is 0.145 e. The fraction of sp³-hybridized carbons (Fsp3) is 0.467. The average molecular weight is 284 g/mol. The van der Waals surface area contributed by atoms with Crippen molar-refractivity contribution >= 4 is 11.6 Å². The number of benzene rings is 1. The van der Waals surface area contributed by atoms with Crippen LogP contribution in [0.1, 0.15) is 25.3 Å². The van der Waals surface area contributed by atoms with Crippen LogP contribution in [-0.4, -0.2) is 19.2 Å². The summed E-state index contributed by atoms with van der Waals surface area (Å²) < 4.78 is 19.3. The Labute approximate surface area is 118 Å². The Morgan fingerprint density at radius 2 is 2.32 bits per heavy atom. The summed E-state index contributed by atoms with van der Waals surface area (Å²) in [5.74, 6) is -0.315. The fourth-order valence-electron chi connectivity index (χ4n) is 2.35. The number of nitrogens with one attached hydrogen (secondary N) is 1. The van der Waals surface area contributed by atoms with Crippen molar-refractivity contribution < 1.29 is 9.13 Å². The highest BCUT2D eigenvalue weighted by molar-refractivity contribution is 6.30. The summed E-state index contributed by atoms with van der Waals surface area (Å²) in [4.78, 5) is 0. The van der Waals surface area contributed by atoms with Crippen molar-refractivity contribution in [1.29, 1.82) is 0 Å². The Morgan fingerprint density at radius 1 is 1.47 bits per heavy atom. The first-order chi connectivity index (χ1) is 9.22. The van der Waals surface area contributed by atoms with E-state index in [0.29, 0.717) is 12.0 Å². The van der Waals surface area contributed by atoms with Gasteiger partial charge in [0.25, 0.3) is 0 Å². The van der Waals surface area contributed by atoms with Crippen molar-refractivity contribution in [3.05, 3.63) is 46.4 Å². The van der Waals surface area contributed by atoms with E-state index in [1.54, 1.807) is 18.2 Å². The first-order valence-corrected chi connectivity index (χ1v) is 7.07. The van der Waals surface area contributed by atoms with Gasteiger partial charge in [0.1, 0.15) is 5.82 Å².